The van der Waals surface area contributed by atoms with Gasteiger partial charge in [-0.25, -0.2) is 0 Å². The van der Waals surface area contributed by atoms with Crippen LogP contribution >= 0.6 is 67.8 Å². The number of phenolic OH excluding ortho intramolecular Hbond substituents is 3. The third kappa shape index (κ3) is 14.6. The van der Waals surface area contributed by atoms with Gasteiger partial charge in [-0.1, -0.05) is 178 Å². The Labute approximate surface area is 381 Å². The molecule has 55 heavy (non-hydrogen) atoms. The van der Waals surface area contributed by atoms with Crippen molar-refractivity contribution in [2.24, 2.45) is 11.8 Å². The van der Waals surface area contributed by atoms with Gasteiger partial charge in [-0.15, -0.1) is 0 Å². The molecule has 0 aromatic heterocycles. The molecular formula is C46H53I3O5V. The molecule has 0 spiro atoms. The molecule has 293 valence electrons. The maximum absolute atomic E-state index is 10.7. The Bertz CT molecular complexity index is 1890. The van der Waals surface area contributed by atoms with Crippen LogP contribution in [-0.4, -0.2) is 28.0 Å². The van der Waals surface area contributed by atoms with Crippen molar-refractivity contribution < 1.29 is 43.3 Å². The molecule has 4 aromatic rings. The molecule has 0 bridgehead atoms. The van der Waals surface area contributed by atoms with Gasteiger partial charge in [0.05, 0.1) is 5.60 Å². The number of alkyl halides is 3. The summed E-state index contributed by atoms with van der Waals surface area (Å²) in [6, 6.07) is 28.1. The Morgan fingerprint density at radius 3 is 1.85 bits per heavy atom. The fourth-order valence-corrected chi connectivity index (χ4v) is 6.67. The first-order valence-corrected chi connectivity index (χ1v) is 21.3. The molecule has 1 unspecified atom stereocenters. The molecule has 9 heteroatoms. The summed E-state index contributed by atoms with van der Waals surface area (Å²) >= 11 is 6.95. The molecule has 1 heterocycles. The molecule has 0 fully saturated rings. The van der Waals surface area contributed by atoms with Crippen molar-refractivity contribution in [3.05, 3.63) is 145 Å². The van der Waals surface area contributed by atoms with E-state index in [2.05, 4.69) is 120 Å². The van der Waals surface area contributed by atoms with Gasteiger partial charge in [0.15, 0.2) is 0 Å². The number of hydrogen-bond donors (Lipinski definition) is 3. The van der Waals surface area contributed by atoms with E-state index < -0.39 is 0 Å². The molecule has 4 aromatic carbocycles. The minimum Gasteiger partial charge on any atom is -0.508 e. The first-order chi connectivity index (χ1) is 25.2. The van der Waals surface area contributed by atoms with Crippen molar-refractivity contribution in [2.45, 2.75) is 65.3 Å². The molecule has 1 radical (unpaired) electrons. The summed E-state index contributed by atoms with van der Waals surface area (Å²) in [6.45, 7) is 14.4. The number of rotatable bonds is 4. The Morgan fingerprint density at radius 1 is 0.855 bits per heavy atom. The number of benzene rings is 4. The maximum atomic E-state index is 10.7. The minimum absolute atomic E-state index is 0. The van der Waals surface area contributed by atoms with E-state index in [1.807, 2.05) is 72.8 Å². The minimum atomic E-state index is -0.0358. The van der Waals surface area contributed by atoms with Crippen molar-refractivity contribution in [3.8, 4) is 45.3 Å². The van der Waals surface area contributed by atoms with Crippen molar-refractivity contribution in [1.29, 1.82) is 0 Å². The molecule has 5 nitrogen and oxygen atoms in total. The molecule has 0 saturated heterocycles. The standard InChI is InChI=1S/C21H20O2.C12H10O2.C11H18O.CHI3.CH4.V/c1-13-8-9-17-14(2)23-20-12-16(15-6-4-3-5-7-15)11-19(22)21(20)18(17)10-13;13-11-6-10(7-12(14)8-11)9-4-2-1-3-5-9;1-9(2)10-5-7-11(3,12-4)8-6-10;2-1(3)4;;/h3-7,10-12,17-18,22H,2,8-9H2,1H3;1-8,13-14H;5,7,10H,1,6,8H2,2-4H3;1H;1H4;/t17-,18+;;10-,11?;;;/m0.0.../s1. The Kier molecular flexibility index (Phi) is 20.7. The predicted octanol–water partition coefficient (Wildman–Crippen LogP) is 14.3. The smallest absolute Gasteiger partial charge is 0.135 e. The molecule has 2 aliphatic carbocycles. The molecule has 7 rings (SSSR count). The van der Waals surface area contributed by atoms with E-state index in [1.165, 1.54) is 17.2 Å². The van der Waals surface area contributed by atoms with Crippen LogP contribution in [0.4, 0.5) is 0 Å². The zero-order valence-corrected chi connectivity index (χ0v) is 39.1. The van der Waals surface area contributed by atoms with Crippen LogP contribution in [0.25, 0.3) is 22.3 Å². The Hall–Kier alpha value is -2.23. The van der Waals surface area contributed by atoms with Crippen LogP contribution < -0.4 is 4.74 Å². The van der Waals surface area contributed by atoms with Crippen molar-refractivity contribution in [1.82, 2.24) is 0 Å². The van der Waals surface area contributed by atoms with Gasteiger partial charge in [0.2, 0.25) is 0 Å². The second kappa shape index (κ2) is 23.2. The van der Waals surface area contributed by atoms with Gasteiger partial charge in [-0.2, -0.15) is 0 Å². The van der Waals surface area contributed by atoms with E-state index >= 15 is 0 Å². The summed E-state index contributed by atoms with van der Waals surface area (Å²) in [4.78, 5) is 0. The first-order valence-electron chi connectivity index (χ1n) is 17.6. The summed E-state index contributed by atoms with van der Waals surface area (Å²) in [7, 11) is 1.77. The summed E-state index contributed by atoms with van der Waals surface area (Å²) in [5.74, 6) is 3.01. The normalized spacial score (nSPS) is 20.3. The predicted molar refractivity (Wildman–Crippen MR) is 252 cm³/mol. The van der Waals surface area contributed by atoms with E-state index in [0.29, 0.717) is 11.7 Å². The van der Waals surface area contributed by atoms with Crippen LogP contribution in [0.3, 0.4) is 0 Å². The quantitative estimate of drug-likeness (QED) is 0.108. The zero-order valence-electron chi connectivity index (χ0n) is 31.2. The number of halogens is 3. The summed E-state index contributed by atoms with van der Waals surface area (Å²) in [5, 5.41) is 29.3. The number of methoxy groups -OCH3 is 1. The second-order valence-corrected chi connectivity index (χ2v) is 24.6. The first kappa shape index (κ1) is 48.9. The number of aromatic hydroxyl groups is 3. The number of ether oxygens (including phenoxy) is 2. The van der Waals surface area contributed by atoms with Gasteiger partial charge in [0.1, 0.15) is 28.7 Å². The van der Waals surface area contributed by atoms with E-state index in [4.69, 9.17) is 9.47 Å². The fourth-order valence-electron chi connectivity index (χ4n) is 6.67. The van der Waals surface area contributed by atoms with Crippen molar-refractivity contribution in [2.75, 3.05) is 7.11 Å². The van der Waals surface area contributed by atoms with Crippen LogP contribution in [-0.2, 0) is 23.3 Å². The Morgan fingerprint density at radius 2 is 1.38 bits per heavy atom. The van der Waals surface area contributed by atoms with Gasteiger partial charge in [0, 0.05) is 49.1 Å². The average molecular weight is 1120 g/mol. The monoisotopic (exact) mass is 1120 g/mol. The number of fused-ring (bicyclic) bond motifs is 3. The van der Waals surface area contributed by atoms with Gasteiger partial charge in [-0.05, 0) is 98.9 Å². The van der Waals surface area contributed by atoms with Gasteiger partial charge >= 0.3 is 0 Å². The van der Waals surface area contributed by atoms with Crippen LogP contribution in [0.5, 0.6) is 23.0 Å². The van der Waals surface area contributed by atoms with E-state index in [0.717, 1.165) is 64.9 Å². The summed E-state index contributed by atoms with van der Waals surface area (Å²) in [6.07, 6.45) is 11.0. The second-order valence-electron chi connectivity index (χ2n) is 13.7. The SMILES string of the molecule is C.C=C(C)[C@H]1C=CC(C)(OC)CC1.C=C1Oc2cc(-c3ccccc3)cc(O)c2[C@@H]2C=C(C)CC[C@@H]12.IC(I)I.Oc1cc(O)cc(-c2ccccc2)c1.[V]. The van der Waals surface area contributed by atoms with E-state index in [1.54, 1.807) is 19.2 Å². The number of hydrogen-bond acceptors (Lipinski definition) is 5. The molecular weight excluding hydrogens is 1060 g/mol. The largest absolute Gasteiger partial charge is 0.508 e. The van der Waals surface area contributed by atoms with E-state index in [9.17, 15) is 15.3 Å². The van der Waals surface area contributed by atoms with Gasteiger partial charge < -0.3 is 24.8 Å². The molecule has 3 aliphatic rings. The summed E-state index contributed by atoms with van der Waals surface area (Å²) < 4.78 is 12.1. The number of allylic oxidation sites excluding steroid dienone is 5. The topological polar surface area (TPSA) is 79.2 Å². The van der Waals surface area contributed by atoms with Crippen LogP contribution in [0.2, 0.25) is 0 Å². The average Bonchev–Trinajstić information content (AvgIpc) is 3.12. The van der Waals surface area contributed by atoms with E-state index in [-0.39, 0.29) is 54.9 Å². The van der Waals surface area contributed by atoms with Crippen LogP contribution in [0, 0.1) is 11.8 Å². The zero-order chi connectivity index (χ0) is 38.7. The maximum Gasteiger partial charge on any atom is 0.135 e. The third-order valence-electron chi connectivity index (χ3n) is 9.70. The Balaban J connectivity index is 0.000000283. The molecule has 3 N–H and O–H groups in total. The van der Waals surface area contributed by atoms with Gasteiger partial charge in [0.25, 0.3) is 0 Å². The van der Waals surface area contributed by atoms with Crippen molar-refractivity contribution >= 4 is 67.8 Å². The third-order valence-corrected chi connectivity index (χ3v) is 9.70. The molecule has 0 amide bonds. The fraction of sp³-hybridized carbons (Fsp3) is 0.304. The number of phenols is 3. The van der Waals surface area contributed by atoms with Gasteiger partial charge in [-0.3, -0.25) is 0 Å². The molecule has 4 atom stereocenters. The molecule has 1 aliphatic heterocycles. The van der Waals surface area contributed by atoms with Crippen molar-refractivity contribution in [3.63, 3.8) is 0 Å². The summed E-state index contributed by atoms with van der Waals surface area (Å²) in [5.41, 5.74) is 7.30. The van der Waals surface area contributed by atoms with Crippen LogP contribution in [0.15, 0.2) is 139 Å². The molecule has 0 saturated carbocycles. The van der Waals surface area contributed by atoms with Crippen LogP contribution in [0.1, 0.15) is 65.4 Å².